The number of benzene rings is 1. The van der Waals surface area contributed by atoms with Crippen molar-refractivity contribution in [2.45, 2.75) is 25.8 Å². The van der Waals surface area contributed by atoms with Crippen LogP contribution in [-0.2, 0) is 11.3 Å². The van der Waals surface area contributed by atoms with Crippen LogP contribution in [0.4, 0.5) is 5.13 Å². The van der Waals surface area contributed by atoms with Gasteiger partial charge < -0.3 is 4.74 Å². The highest BCUT2D eigenvalue weighted by molar-refractivity contribution is 7.15. The van der Waals surface area contributed by atoms with Gasteiger partial charge >= 0.3 is 0 Å². The zero-order chi connectivity index (χ0) is 17.6. The molecule has 9 heteroatoms. The van der Waals surface area contributed by atoms with E-state index in [1.807, 2.05) is 0 Å². The quantitative estimate of drug-likeness (QED) is 0.797. The smallest absolute Gasteiger partial charge is 0.264 e. The molecule has 0 bridgehead atoms. The molecule has 134 valence electrons. The van der Waals surface area contributed by atoms with Gasteiger partial charge in [0.15, 0.2) is 6.61 Å². The van der Waals surface area contributed by atoms with Crippen LogP contribution in [0.15, 0.2) is 18.2 Å². The molecule has 2 heterocycles. The lowest BCUT2D eigenvalue weighted by Gasteiger charge is -2.24. The molecule has 1 amide bonds. The maximum absolute atomic E-state index is 12.0. The molecule has 1 saturated heterocycles. The molecule has 25 heavy (non-hydrogen) atoms. The Morgan fingerprint density at radius 3 is 2.80 bits per heavy atom. The Morgan fingerprint density at radius 2 is 2.04 bits per heavy atom. The van der Waals surface area contributed by atoms with Crippen LogP contribution in [0.3, 0.4) is 0 Å². The number of nitrogens with zero attached hydrogens (tertiary/aromatic N) is 3. The third kappa shape index (κ3) is 5.54. The van der Waals surface area contributed by atoms with E-state index in [1.54, 1.807) is 18.2 Å². The van der Waals surface area contributed by atoms with Crippen molar-refractivity contribution in [3.05, 3.63) is 33.3 Å². The predicted molar refractivity (Wildman–Crippen MR) is 99.6 cm³/mol. The number of carbonyl (C=O) groups excluding carboxylic acids is 1. The number of nitrogens with one attached hydrogen (secondary N) is 1. The van der Waals surface area contributed by atoms with Gasteiger partial charge in [0.05, 0.1) is 11.6 Å². The average molecular weight is 401 g/mol. The summed E-state index contributed by atoms with van der Waals surface area (Å²) in [6.07, 6.45) is 3.76. The molecule has 0 atom stereocenters. The molecule has 1 aliphatic heterocycles. The fraction of sp³-hybridized carbons (Fsp3) is 0.438. The maximum Gasteiger partial charge on any atom is 0.264 e. The predicted octanol–water partition coefficient (Wildman–Crippen LogP) is 3.85. The van der Waals surface area contributed by atoms with Gasteiger partial charge in [-0.25, -0.2) is 0 Å². The molecule has 2 aromatic rings. The van der Waals surface area contributed by atoms with Crippen molar-refractivity contribution in [2.75, 3.05) is 25.0 Å². The van der Waals surface area contributed by atoms with Crippen molar-refractivity contribution in [3.8, 4) is 5.75 Å². The van der Waals surface area contributed by atoms with E-state index in [2.05, 4.69) is 20.4 Å². The van der Waals surface area contributed by atoms with Crippen molar-refractivity contribution in [2.24, 2.45) is 0 Å². The van der Waals surface area contributed by atoms with Gasteiger partial charge in [0, 0.05) is 5.02 Å². The number of likely N-dealkylation sites (tertiary alicyclic amines) is 1. The van der Waals surface area contributed by atoms with Gasteiger partial charge in [0.2, 0.25) is 5.13 Å². The Morgan fingerprint density at radius 1 is 1.24 bits per heavy atom. The van der Waals surface area contributed by atoms with E-state index >= 15 is 0 Å². The minimum atomic E-state index is -0.313. The number of anilines is 1. The number of amides is 1. The maximum atomic E-state index is 12.0. The van der Waals surface area contributed by atoms with Crippen LogP contribution >= 0.6 is 34.5 Å². The number of ether oxygens (including phenoxy) is 1. The van der Waals surface area contributed by atoms with Crippen LogP contribution in [0.2, 0.25) is 10.0 Å². The van der Waals surface area contributed by atoms with Crippen LogP contribution in [0.1, 0.15) is 24.3 Å². The number of halogens is 2. The highest BCUT2D eigenvalue weighted by Gasteiger charge is 2.14. The van der Waals surface area contributed by atoms with Crippen molar-refractivity contribution in [3.63, 3.8) is 0 Å². The molecular weight excluding hydrogens is 383 g/mol. The van der Waals surface area contributed by atoms with Crippen LogP contribution in [0.25, 0.3) is 0 Å². The SMILES string of the molecule is O=C(COc1ccc(Cl)cc1Cl)Nc1nnc(CN2CCCCC2)s1. The number of hydrogen-bond donors (Lipinski definition) is 1. The molecule has 3 rings (SSSR count). The van der Waals surface area contributed by atoms with E-state index in [4.69, 9.17) is 27.9 Å². The molecular formula is C16H18Cl2N4O2S. The zero-order valence-corrected chi connectivity index (χ0v) is 15.8. The van der Waals surface area contributed by atoms with E-state index < -0.39 is 0 Å². The Kier molecular flexibility index (Phi) is 6.47. The Bertz CT molecular complexity index is 735. The highest BCUT2D eigenvalue weighted by atomic mass is 35.5. The second-order valence-corrected chi connectivity index (χ2v) is 7.66. The topological polar surface area (TPSA) is 67.3 Å². The fourth-order valence-electron chi connectivity index (χ4n) is 2.57. The molecule has 6 nitrogen and oxygen atoms in total. The molecule has 1 fully saturated rings. The van der Waals surface area contributed by atoms with Crippen molar-refractivity contribution < 1.29 is 9.53 Å². The lowest BCUT2D eigenvalue weighted by molar-refractivity contribution is -0.118. The number of piperidine rings is 1. The molecule has 1 aromatic heterocycles. The van der Waals surface area contributed by atoms with E-state index in [0.29, 0.717) is 20.9 Å². The summed E-state index contributed by atoms with van der Waals surface area (Å²) in [4.78, 5) is 14.3. The molecule has 1 aromatic carbocycles. The Hall–Kier alpha value is -1.41. The van der Waals surface area contributed by atoms with Crippen molar-refractivity contribution >= 4 is 45.6 Å². The molecule has 0 spiro atoms. The summed E-state index contributed by atoms with van der Waals surface area (Å²) in [5, 5.41) is 13.1. The van der Waals surface area contributed by atoms with Crippen molar-refractivity contribution in [1.29, 1.82) is 0 Å². The van der Waals surface area contributed by atoms with E-state index in [1.165, 1.54) is 30.6 Å². The minimum absolute atomic E-state index is 0.164. The van der Waals surface area contributed by atoms with Crippen LogP contribution in [-0.4, -0.2) is 40.7 Å². The summed E-state index contributed by atoms with van der Waals surface area (Å²) in [5.74, 6) is 0.0935. The van der Waals surface area contributed by atoms with Gasteiger partial charge in [-0.3, -0.25) is 15.0 Å². The standard InChI is InChI=1S/C16H18Cl2N4O2S/c17-11-4-5-13(12(18)8-11)24-10-14(23)19-16-21-20-15(25-16)9-22-6-2-1-3-7-22/h4-5,8H,1-3,6-7,9-10H2,(H,19,21,23). The monoisotopic (exact) mass is 400 g/mol. The number of carbonyl (C=O) groups is 1. The Balaban J connectivity index is 1.47. The summed E-state index contributed by atoms with van der Waals surface area (Å²) >= 11 is 13.2. The number of hydrogen-bond acceptors (Lipinski definition) is 6. The average Bonchev–Trinajstić information content (AvgIpc) is 3.02. The number of aromatic nitrogens is 2. The molecule has 1 aliphatic rings. The molecule has 1 N–H and O–H groups in total. The normalized spacial score (nSPS) is 15.1. The van der Waals surface area contributed by atoms with Gasteiger partial charge in [-0.2, -0.15) is 0 Å². The number of rotatable bonds is 6. The van der Waals surface area contributed by atoms with E-state index in [-0.39, 0.29) is 12.5 Å². The van der Waals surface area contributed by atoms with Crippen LogP contribution in [0, 0.1) is 0 Å². The second kappa shape index (κ2) is 8.80. The third-order valence-corrected chi connectivity index (χ3v) is 5.13. The summed E-state index contributed by atoms with van der Waals surface area (Å²) in [6.45, 7) is 2.81. The molecule has 0 saturated carbocycles. The highest BCUT2D eigenvalue weighted by Crippen LogP contribution is 2.27. The first-order chi connectivity index (χ1) is 12.1. The fourth-order valence-corrected chi connectivity index (χ4v) is 3.83. The summed E-state index contributed by atoms with van der Waals surface area (Å²) < 4.78 is 5.40. The first-order valence-electron chi connectivity index (χ1n) is 8.02. The molecule has 0 unspecified atom stereocenters. The minimum Gasteiger partial charge on any atom is -0.482 e. The third-order valence-electron chi connectivity index (χ3n) is 3.77. The summed E-state index contributed by atoms with van der Waals surface area (Å²) in [7, 11) is 0. The lowest BCUT2D eigenvalue weighted by atomic mass is 10.1. The van der Waals surface area contributed by atoms with Crippen molar-refractivity contribution in [1.82, 2.24) is 15.1 Å². The largest absolute Gasteiger partial charge is 0.482 e. The molecule has 0 aliphatic carbocycles. The van der Waals surface area contributed by atoms with Crippen LogP contribution < -0.4 is 10.1 Å². The van der Waals surface area contributed by atoms with Gasteiger partial charge in [-0.05, 0) is 44.1 Å². The summed E-state index contributed by atoms with van der Waals surface area (Å²) in [5.41, 5.74) is 0. The van der Waals surface area contributed by atoms with Crippen LogP contribution in [0.5, 0.6) is 5.75 Å². The summed E-state index contributed by atoms with van der Waals surface area (Å²) in [6, 6.07) is 4.84. The molecule has 0 radical (unpaired) electrons. The first kappa shape index (κ1) is 18.4. The Labute approximate surface area is 160 Å². The van der Waals surface area contributed by atoms with Gasteiger partial charge in [0.25, 0.3) is 5.91 Å². The van der Waals surface area contributed by atoms with Gasteiger partial charge in [-0.15, -0.1) is 10.2 Å². The zero-order valence-electron chi connectivity index (χ0n) is 13.5. The van der Waals surface area contributed by atoms with Gasteiger partial charge in [-0.1, -0.05) is 41.0 Å². The first-order valence-corrected chi connectivity index (χ1v) is 9.60. The lowest BCUT2D eigenvalue weighted by Crippen LogP contribution is -2.28. The van der Waals surface area contributed by atoms with E-state index in [9.17, 15) is 4.79 Å². The van der Waals surface area contributed by atoms with E-state index in [0.717, 1.165) is 24.6 Å². The van der Waals surface area contributed by atoms with Gasteiger partial charge in [0.1, 0.15) is 10.8 Å². The second-order valence-electron chi connectivity index (χ2n) is 5.75.